The van der Waals surface area contributed by atoms with Crippen LogP contribution in [0.2, 0.25) is 0 Å². The molecule has 6 aliphatic rings. The van der Waals surface area contributed by atoms with Crippen molar-refractivity contribution in [1.82, 2.24) is 0 Å². The molecule has 18 N–H and O–H groups in total. The van der Waals surface area contributed by atoms with E-state index < -0.39 is 205 Å². The second kappa shape index (κ2) is 22.3. The smallest absolute Gasteiger partial charge is 0.187 e. The molecule has 18 unspecified atom stereocenters. The Labute approximate surface area is 363 Å². The molecule has 0 radical (unpaired) electrons. The van der Waals surface area contributed by atoms with Crippen LogP contribution in [0.4, 0.5) is 0 Å². The Hall–Kier alpha value is -1.54. The molecule has 28 nitrogen and oxygen atoms in total. The summed E-state index contributed by atoms with van der Waals surface area (Å²) in [5.74, 6) is 0. The quantitative estimate of drug-likeness (QED) is 0.0725. The molecule has 0 aromatic carbocycles. The molecule has 0 aliphatic carbocycles. The van der Waals surface area contributed by atoms with Gasteiger partial charge in [0.25, 0.3) is 0 Å². The molecule has 28 atom stereocenters. The van der Waals surface area contributed by atoms with Gasteiger partial charge in [-0.1, -0.05) is 0 Å². The van der Waals surface area contributed by atoms with Crippen LogP contribution in [0.15, 0.2) is 12.3 Å². The van der Waals surface area contributed by atoms with Crippen molar-refractivity contribution in [2.75, 3.05) is 33.0 Å². The van der Waals surface area contributed by atoms with Gasteiger partial charge in [0.1, 0.15) is 128 Å². The number of hydrogen-bond acceptors (Lipinski definition) is 28. The van der Waals surface area contributed by atoms with Crippen LogP contribution in [0.5, 0.6) is 0 Å². The highest BCUT2D eigenvalue weighted by molar-refractivity contribution is 5.01. The van der Waals surface area contributed by atoms with Gasteiger partial charge in [0, 0.05) is 0 Å². The molecule has 0 bridgehead atoms. The van der Waals surface area contributed by atoms with E-state index in [1.807, 2.05) is 0 Å². The average molecular weight is 940 g/mol. The standard InChI is InChI=1S/C36H61NO27/c1-9-17(44)21(48)24(51)33(55-9)64-31-22(49)18(45)11(4-38)58-36(31)62-29-16(37)32(56-12(5-39)19(29)46)63-30-20(47)13(6-40)57-35(26(30)53)61-28-15(8-42)59-34(25(52)23(28)50)60-27-10(43)2-3-54-14(27)7-41/h2-3,9-36,38-53H,4-8,37H2,1H3/t9?,10?,11?,12?,13?,14?,15?,16?,17-,18-,19-,20-,21?,22?,23?,24?,25?,26?,27+,28-,29?,30?,31?,32?,33-,34-,35-,36-/m0/s1. The zero-order valence-electron chi connectivity index (χ0n) is 34.1. The molecule has 6 heterocycles. The monoisotopic (exact) mass is 939 g/mol. The van der Waals surface area contributed by atoms with Crippen LogP contribution >= 0.6 is 0 Å². The van der Waals surface area contributed by atoms with Gasteiger partial charge in [0.2, 0.25) is 0 Å². The molecule has 0 amide bonds. The normalized spacial score (nSPS) is 52.6. The van der Waals surface area contributed by atoms with Crippen molar-refractivity contribution in [3.8, 4) is 0 Å². The van der Waals surface area contributed by atoms with Crippen LogP contribution in [0, 0.1) is 0 Å². The van der Waals surface area contributed by atoms with Crippen LogP contribution in [-0.2, 0) is 52.1 Å². The summed E-state index contributed by atoms with van der Waals surface area (Å²) in [6.07, 6.45) is -44.3. The van der Waals surface area contributed by atoms with Crippen molar-refractivity contribution in [3.63, 3.8) is 0 Å². The zero-order chi connectivity index (χ0) is 46.9. The predicted octanol–water partition coefficient (Wildman–Crippen LogP) is -11.3. The van der Waals surface area contributed by atoms with Gasteiger partial charge in [0.15, 0.2) is 31.5 Å². The van der Waals surface area contributed by atoms with Crippen LogP contribution in [0.25, 0.3) is 0 Å². The Morgan fingerprint density at radius 3 is 1.45 bits per heavy atom. The fourth-order valence-corrected chi connectivity index (χ4v) is 8.20. The first-order valence-corrected chi connectivity index (χ1v) is 20.6. The summed E-state index contributed by atoms with van der Waals surface area (Å²) in [5, 5.41) is 170. The zero-order valence-corrected chi connectivity index (χ0v) is 34.1. The van der Waals surface area contributed by atoms with E-state index in [-0.39, 0.29) is 0 Å². The molecule has 0 aromatic heterocycles. The van der Waals surface area contributed by atoms with Crippen LogP contribution in [-0.4, -0.2) is 287 Å². The fraction of sp³-hybridized carbons (Fsp3) is 0.944. The summed E-state index contributed by atoms with van der Waals surface area (Å²) in [5.41, 5.74) is 6.48. The van der Waals surface area contributed by atoms with E-state index >= 15 is 0 Å². The Balaban J connectivity index is 1.18. The first-order valence-electron chi connectivity index (χ1n) is 20.6. The Morgan fingerprint density at radius 1 is 0.391 bits per heavy atom. The number of aliphatic hydroxyl groups is 16. The van der Waals surface area contributed by atoms with Gasteiger partial charge in [-0.25, -0.2) is 0 Å². The van der Waals surface area contributed by atoms with E-state index in [0.29, 0.717) is 0 Å². The van der Waals surface area contributed by atoms with Gasteiger partial charge in [-0.3, -0.25) is 0 Å². The highest BCUT2D eigenvalue weighted by Crippen LogP contribution is 2.36. The first kappa shape index (κ1) is 51.8. The summed E-state index contributed by atoms with van der Waals surface area (Å²) in [4.78, 5) is 0. The Bertz CT molecular complexity index is 1470. The highest BCUT2D eigenvalue weighted by atomic mass is 16.8. The third-order valence-corrected chi connectivity index (χ3v) is 12.0. The lowest BCUT2D eigenvalue weighted by molar-refractivity contribution is -0.390. The molecule has 28 heteroatoms. The molecule has 0 aromatic rings. The molecule has 5 fully saturated rings. The van der Waals surface area contributed by atoms with Gasteiger partial charge in [0.05, 0.1) is 51.4 Å². The van der Waals surface area contributed by atoms with Gasteiger partial charge in [-0.2, -0.15) is 0 Å². The SMILES string of the molecule is CC1O[C@@H](OC2C(O)[C@@H](O)C(CO)O[C@H]2OC2C(N)C(OC3C(O)[C@H](O[C@H]4C(CO)O[C@@H](O[C@@H]5C(O)C=COC5CO)C(O)C4O)OC(CO)[C@@H]3O)OC(CO)[C@@H]2O)C(O)C(O)[C@H]1O. The minimum absolute atomic E-state index is 0.623. The number of rotatable bonds is 15. The van der Waals surface area contributed by atoms with E-state index in [0.717, 1.165) is 6.26 Å². The maximum atomic E-state index is 11.5. The fourth-order valence-electron chi connectivity index (χ4n) is 8.20. The Morgan fingerprint density at radius 2 is 0.828 bits per heavy atom. The molecular formula is C36H61NO27. The molecule has 372 valence electrons. The van der Waals surface area contributed by atoms with Crippen molar-refractivity contribution in [1.29, 1.82) is 0 Å². The molecule has 0 saturated carbocycles. The molecule has 6 aliphatic heterocycles. The van der Waals surface area contributed by atoms with Crippen molar-refractivity contribution in [3.05, 3.63) is 12.3 Å². The van der Waals surface area contributed by atoms with E-state index in [9.17, 15) is 81.7 Å². The Kier molecular flexibility index (Phi) is 18.0. The van der Waals surface area contributed by atoms with Gasteiger partial charge in [-0.05, 0) is 13.0 Å². The van der Waals surface area contributed by atoms with Crippen LogP contribution in [0.1, 0.15) is 6.92 Å². The molecule has 6 rings (SSSR count). The topological polar surface area (TPSA) is 451 Å². The maximum absolute atomic E-state index is 11.5. The van der Waals surface area contributed by atoms with Gasteiger partial charge < -0.3 is 140 Å². The van der Waals surface area contributed by atoms with Crippen molar-refractivity contribution in [2.24, 2.45) is 5.73 Å². The number of aliphatic hydroxyl groups excluding tert-OH is 16. The second-order valence-electron chi connectivity index (χ2n) is 16.3. The minimum atomic E-state index is -2.10. The van der Waals surface area contributed by atoms with E-state index in [1.54, 1.807) is 0 Å². The second-order valence-corrected chi connectivity index (χ2v) is 16.3. The first-order chi connectivity index (χ1) is 30.4. The van der Waals surface area contributed by atoms with Gasteiger partial charge >= 0.3 is 0 Å². The van der Waals surface area contributed by atoms with Crippen molar-refractivity contribution >= 4 is 0 Å². The predicted molar refractivity (Wildman–Crippen MR) is 197 cm³/mol. The molecule has 64 heavy (non-hydrogen) atoms. The van der Waals surface area contributed by atoms with Gasteiger partial charge in [-0.15, -0.1) is 0 Å². The average Bonchev–Trinajstić information content (AvgIpc) is 3.28. The van der Waals surface area contributed by atoms with E-state index in [4.69, 9.17) is 57.8 Å². The lowest BCUT2D eigenvalue weighted by Crippen LogP contribution is -2.69. The van der Waals surface area contributed by atoms with E-state index in [1.165, 1.54) is 13.0 Å². The van der Waals surface area contributed by atoms with Crippen LogP contribution < -0.4 is 5.73 Å². The highest BCUT2D eigenvalue weighted by Gasteiger charge is 2.57. The number of ether oxygens (including phenoxy) is 11. The summed E-state index contributed by atoms with van der Waals surface area (Å²) in [6.45, 7) is -2.96. The van der Waals surface area contributed by atoms with E-state index in [2.05, 4.69) is 0 Å². The van der Waals surface area contributed by atoms with Crippen LogP contribution in [0.3, 0.4) is 0 Å². The number of nitrogens with two attached hydrogens (primary N) is 1. The van der Waals surface area contributed by atoms with Crippen molar-refractivity contribution < 1.29 is 134 Å². The summed E-state index contributed by atoms with van der Waals surface area (Å²) in [7, 11) is 0. The largest absolute Gasteiger partial charge is 0.493 e. The summed E-state index contributed by atoms with van der Waals surface area (Å²) >= 11 is 0. The van der Waals surface area contributed by atoms with Crippen molar-refractivity contribution in [2.45, 2.75) is 179 Å². The molecular weight excluding hydrogens is 878 g/mol. The lowest BCUT2D eigenvalue weighted by atomic mass is 9.94. The minimum Gasteiger partial charge on any atom is -0.493 e. The molecule has 5 saturated heterocycles. The summed E-state index contributed by atoms with van der Waals surface area (Å²) in [6, 6.07) is -1.70. The third-order valence-electron chi connectivity index (χ3n) is 12.0. The maximum Gasteiger partial charge on any atom is 0.187 e. The molecule has 0 spiro atoms. The number of hydrogen-bond donors (Lipinski definition) is 17. The lowest BCUT2D eigenvalue weighted by Gasteiger charge is -2.50. The summed E-state index contributed by atoms with van der Waals surface area (Å²) < 4.78 is 62.3. The third kappa shape index (κ3) is 10.5.